The lowest BCUT2D eigenvalue weighted by Crippen LogP contribution is -2.42. The van der Waals surface area contributed by atoms with Crippen LogP contribution in [0.1, 0.15) is 12.0 Å². The van der Waals surface area contributed by atoms with Crippen LogP contribution in [0.25, 0.3) is 0 Å². The van der Waals surface area contributed by atoms with Gasteiger partial charge >= 0.3 is 5.97 Å². The summed E-state index contributed by atoms with van der Waals surface area (Å²) in [5, 5.41) is 2.69. The van der Waals surface area contributed by atoms with Crippen molar-refractivity contribution in [1.82, 2.24) is 5.32 Å². The van der Waals surface area contributed by atoms with E-state index in [0.29, 0.717) is 6.54 Å². The van der Waals surface area contributed by atoms with Crippen LogP contribution in [0.4, 0.5) is 0 Å². The van der Waals surface area contributed by atoms with Gasteiger partial charge in [-0.3, -0.25) is 9.59 Å². The molecule has 1 aromatic carbocycles. The molecule has 3 N–H and O–H groups in total. The Morgan fingerprint density at radius 2 is 2.00 bits per heavy atom. The minimum Gasteiger partial charge on any atom is -0.469 e. The summed E-state index contributed by atoms with van der Waals surface area (Å²) in [6.45, 7) is 0.498. The molecule has 5 nitrogen and oxygen atoms in total. The number of nitrogens with two attached hydrogens (primary N) is 1. The van der Waals surface area contributed by atoms with Gasteiger partial charge in [0.1, 0.15) is 0 Å². The Kier molecular flexibility index (Phi) is 5.87. The van der Waals surface area contributed by atoms with Crippen LogP contribution >= 0.6 is 0 Å². The zero-order valence-corrected chi connectivity index (χ0v) is 10.4. The fourth-order valence-corrected chi connectivity index (χ4v) is 1.46. The summed E-state index contributed by atoms with van der Waals surface area (Å²) < 4.78 is 4.45. The first kappa shape index (κ1) is 14.2. The minimum atomic E-state index is -0.853. The number of carbonyl (C=O) groups excluding carboxylic acids is 2. The molecule has 1 aromatic rings. The zero-order valence-electron chi connectivity index (χ0n) is 10.4. The molecular weight excluding hydrogens is 232 g/mol. The molecule has 0 aliphatic carbocycles. The number of rotatable bonds is 6. The number of hydrogen-bond donors (Lipinski definition) is 2. The zero-order chi connectivity index (χ0) is 13.4. The van der Waals surface area contributed by atoms with Gasteiger partial charge in [0.05, 0.1) is 19.6 Å². The molecule has 5 heteroatoms. The highest BCUT2D eigenvalue weighted by atomic mass is 16.5. The largest absolute Gasteiger partial charge is 0.469 e. The summed E-state index contributed by atoms with van der Waals surface area (Å²) in [4.78, 5) is 22.5. The molecule has 0 fully saturated rings. The number of esters is 1. The molecule has 0 aliphatic heterocycles. The highest BCUT2D eigenvalue weighted by molar-refractivity contribution is 5.86. The van der Waals surface area contributed by atoms with E-state index in [0.717, 1.165) is 12.0 Å². The van der Waals surface area contributed by atoms with Crippen LogP contribution in [0.5, 0.6) is 0 Å². The highest BCUT2D eigenvalue weighted by Gasteiger charge is 2.17. The highest BCUT2D eigenvalue weighted by Crippen LogP contribution is 1.98. The molecule has 98 valence electrons. The van der Waals surface area contributed by atoms with E-state index in [1.165, 1.54) is 7.11 Å². The van der Waals surface area contributed by atoms with Crippen molar-refractivity contribution in [1.29, 1.82) is 0 Å². The number of amides is 1. The molecule has 0 aliphatic rings. The van der Waals surface area contributed by atoms with Crippen LogP contribution in [0.2, 0.25) is 0 Å². The SMILES string of the molecule is COC(=O)C[C@H](N)C(=O)NCCc1ccccc1. The average Bonchev–Trinajstić information content (AvgIpc) is 2.39. The van der Waals surface area contributed by atoms with Crippen molar-refractivity contribution < 1.29 is 14.3 Å². The van der Waals surface area contributed by atoms with Gasteiger partial charge in [-0.15, -0.1) is 0 Å². The minimum absolute atomic E-state index is 0.104. The molecule has 0 saturated carbocycles. The molecule has 1 amide bonds. The second-order valence-corrected chi connectivity index (χ2v) is 3.91. The molecule has 0 radical (unpaired) electrons. The van der Waals surface area contributed by atoms with Gasteiger partial charge < -0.3 is 15.8 Å². The van der Waals surface area contributed by atoms with E-state index in [9.17, 15) is 9.59 Å². The molecular formula is C13H18N2O3. The summed E-state index contributed by atoms with van der Waals surface area (Å²) in [5.74, 6) is -0.822. The van der Waals surface area contributed by atoms with Gasteiger partial charge in [-0.2, -0.15) is 0 Å². The predicted octanol–water partition coefficient (Wildman–Crippen LogP) is 0.236. The summed E-state index contributed by atoms with van der Waals surface area (Å²) in [6.07, 6.45) is 0.630. The number of carbonyl (C=O) groups is 2. The maximum absolute atomic E-state index is 11.5. The lowest BCUT2D eigenvalue weighted by molar-refractivity contribution is -0.142. The van der Waals surface area contributed by atoms with Gasteiger partial charge in [0.15, 0.2) is 0 Å². The van der Waals surface area contributed by atoms with Crippen molar-refractivity contribution >= 4 is 11.9 Å². The average molecular weight is 250 g/mol. The van der Waals surface area contributed by atoms with Crippen LogP contribution in [0.3, 0.4) is 0 Å². The van der Waals surface area contributed by atoms with E-state index in [1.54, 1.807) is 0 Å². The Bertz CT molecular complexity index is 392. The lowest BCUT2D eigenvalue weighted by Gasteiger charge is -2.11. The Labute approximate surface area is 106 Å². The van der Waals surface area contributed by atoms with Crippen molar-refractivity contribution in [3.05, 3.63) is 35.9 Å². The van der Waals surface area contributed by atoms with E-state index in [-0.39, 0.29) is 12.3 Å². The molecule has 0 saturated heterocycles. The van der Waals surface area contributed by atoms with Crippen molar-refractivity contribution in [2.24, 2.45) is 5.73 Å². The lowest BCUT2D eigenvalue weighted by atomic mass is 10.1. The molecule has 0 unspecified atom stereocenters. The van der Waals surface area contributed by atoms with Gasteiger partial charge in [0.25, 0.3) is 0 Å². The monoisotopic (exact) mass is 250 g/mol. The molecule has 1 rings (SSSR count). The molecule has 1 atom stereocenters. The van der Waals surface area contributed by atoms with Crippen molar-refractivity contribution in [2.45, 2.75) is 18.9 Å². The Balaban J connectivity index is 2.26. The van der Waals surface area contributed by atoms with Gasteiger partial charge in [0, 0.05) is 6.54 Å². The number of ether oxygens (including phenoxy) is 1. The second-order valence-electron chi connectivity index (χ2n) is 3.91. The van der Waals surface area contributed by atoms with E-state index >= 15 is 0 Å². The third-order valence-electron chi connectivity index (χ3n) is 2.51. The van der Waals surface area contributed by atoms with Crippen LogP contribution in [0.15, 0.2) is 30.3 Å². The smallest absolute Gasteiger partial charge is 0.307 e. The van der Waals surface area contributed by atoms with E-state index in [1.807, 2.05) is 30.3 Å². The fourth-order valence-electron chi connectivity index (χ4n) is 1.46. The number of benzene rings is 1. The first-order chi connectivity index (χ1) is 8.63. The van der Waals surface area contributed by atoms with Gasteiger partial charge in [-0.05, 0) is 12.0 Å². The van der Waals surface area contributed by atoms with Gasteiger partial charge in [-0.25, -0.2) is 0 Å². The van der Waals surface area contributed by atoms with E-state index in [4.69, 9.17) is 5.73 Å². The molecule has 0 heterocycles. The maximum atomic E-state index is 11.5. The van der Waals surface area contributed by atoms with Gasteiger partial charge in [-0.1, -0.05) is 30.3 Å². The van der Waals surface area contributed by atoms with E-state index < -0.39 is 12.0 Å². The number of hydrogen-bond acceptors (Lipinski definition) is 4. The third kappa shape index (κ3) is 4.97. The third-order valence-corrected chi connectivity index (χ3v) is 2.51. The predicted molar refractivity (Wildman–Crippen MR) is 67.8 cm³/mol. The van der Waals surface area contributed by atoms with E-state index in [2.05, 4.69) is 10.1 Å². The van der Waals surface area contributed by atoms with Crippen LogP contribution in [0, 0.1) is 0 Å². The molecule has 18 heavy (non-hydrogen) atoms. The van der Waals surface area contributed by atoms with Crippen LogP contribution in [-0.4, -0.2) is 31.6 Å². The first-order valence-electron chi connectivity index (χ1n) is 5.77. The van der Waals surface area contributed by atoms with Crippen molar-refractivity contribution in [3.8, 4) is 0 Å². The first-order valence-corrected chi connectivity index (χ1v) is 5.77. The van der Waals surface area contributed by atoms with Gasteiger partial charge in [0.2, 0.25) is 5.91 Å². The quantitative estimate of drug-likeness (QED) is 0.708. The fraction of sp³-hybridized carbons (Fsp3) is 0.385. The molecule has 0 aromatic heterocycles. The Morgan fingerprint density at radius 3 is 2.61 bits per heavy atom. The summed E-state index contributed by atoms with van der Waals surface area (Å²) >= 11 is 0. The standard InChI is InChI=1S/C13H18N2O3/c1-18-12(16)9-11(14)13(17)15-8-7-10-5-3-2-4-6-10/h2-6,11H,7-9,14H2,1H3,(H,15,17)/t11-/m0/s1. The van der Waals surface area contributed by atoms with Crippen LogP contribution in [-0.2, 0) is 20.7 Å². The Hall–Kier alpha value is -1.88. The topological polar surface area (TPSA) is 81.4 Å². The van der Waals surface area contributed by atoms with Crippen LogP contribution < -0.4 is 11.1 Å². The Morgan fingerprint density at radius 1 is 1.33 bits per heavy atom. The molecule has 0 spiro atoms. The maximum Gasteiger partial charge on any atom is 0.307 e. The normalized spacial score (nSPS) is 11.7. The van der Waals surface area contributed by atoms with Crippen molar-refractivity contribution in [3.63, 3.8) is 0 Å². The molecule has 0 bridgehead atoms. The summed E-state index contributed by atoms with van der Waals surface area (Å²) in [7, 11) is 1.27. The number of nitrogens with one attached hydrogen (secondary N) is 1. The summed E-state index contributed by atoms with van der Waals surface area (Å²) in [5.41, 5.74) is 6.70. The summed E-state index contributed by atoms with van der Waals surface area (Å²) in [6, 6.07) is 8.95. The second kappa shape index (κ2) is 7.45. The van der Waals surface area contributed by atoms with Crippen molar-refractivity contribution in [2.75, 3.05) is 13.7 Å². The number of methoxy groups -OCH3 is 1.